The van der Waals surface area contributed by atoms with E-state index in [1.807, 2.05) is 0 Å². The van der Waals surface area contributed by atoms with E-state index in [1.54, 1.807) is 0 Å². The van der Waals surface area contributed by atoms with E-state index >= 15 is 0 Å². The third kappa shape index (κ3) is 5.96. The Morgan fingerprint density at radius 2 is 2.20 bits per heavy atom. The van der Waals surface area contributed by atoms with Gasteiger partial charge in [0.05, 0.1) is 12.9 Å². The highest BCUT2D eigenvalue weighted by Gasteiger charge is 2.03. The number of nitrogens with two attached hydrogens (primary N) is 1. The Balaban J connectivity index is 3.56. The number of hydrogen-bond acceptors (Lipinski definition) is 4. The molecule has 0 heterocycles. The molecule has 4 N–H and O–H groups in total. The summed E-state index contributed by atoms with van der Waals surface area (Å²) in [5.41, 5.74) is 5.20. The van der Waals surface area contributed by atoms with Crippen LogP contribution >= 0.6 is 0 Å². The van der Waals surface area contributed by atoms with Crippen LogP contribution in [0.15, 0.2) is 0 Å². The Bertz CT molecular complexity index is 177. The lowest BCUT2D eigenvalue weighted by atomic mass is 10.3. The number of rotatable bonds is 4. The number of hydrogen-bond donors (Lipinski definition) is 3. The summed E-state index contributed by atoms with van der Waals surface area (Å²) in [5.74, 6) is 0. The highest BCUT2D eigenvalue weighted by Crippen LogP contribution is 1.76. The zero-order chi connectivity index (χ0) is 8.20. The minimum atomic E-state index is -3.17. The van der Waals surface area contributed by atoms with Crippen LogP contribution in [0.25, 0.3) is 0 Å². The minimum absolute atomic E-state index is 0.0787. The molecule has 0 rings (SSSR count). The predicted molar refractivity (Wildman–Crippen MR) is 37.9 cm³/mol. The third-order valence-corrected chi connectivity index (χ3v) is 1.53. The van der Waals surface area contributed by atoms with Gasteiger partial charge in [0.2, 0.25) is 10.0 Å². The van der Waals surface area contributed by atoms with Crippen LogP contribution in [0.2, 0.25) is 0 Å². The molecule has 0 aromatic rings. The molecule has 0 spiro atoms. The number of aliphatic hydroxyl groups excluding tert-OH is 1. The molecule has 1 unspecified atom stereocenters. The van der Waals surface area contributed by atoms with Crippen LogP contribution in [0.5, 0.6) is 0 Å². The molecule has 62 valence electrons. The Hall–Kier alpha value is -0.170. The molecule has 0 bridgehead atoms. The molecule has 0 saturated heterocycles. The monoisotopic (exact) mass is 168 g/mol. The summed E-state index contributed by atoms with van der Waals surface area (Å²) in [7, 11) is -3.17. The molecule has 0 aromatic carbocycles. The normalized spacial score (nSPS) is 15.1. The molecule has 0 aliphatic carbocycles. The Morgan fingerprint density at radius 3 is 2.50 bits per heavy atom. The molecule has 1 atom stereocenters. The van der Waals surface area contributed by atoms with Gasteiger partial charge in [0.25, 0.3) is 0 Å². The first kappa shape index (κ1) is 9.83. The number of aliphatic hydroxyl groups is 1. The van der Waals surface area contributed by atoms with Crippen molar-refractivity contribution in [1.82, 2.24) is 4.72 Å². The first-order valence-corrected chi connectivity index (χ1v) is 4.66. The van der Waals surface area contributed by atoms with Crippen molar-refractivity contribution >= 4 is 10.0 Å². The summed E-state index contributed by atoms with van der Waals surface area (Å²) in [5, 5.41) is 8.37. The van der Waals surface area contributed by atoms with Gasteiger partial charge >= 0.3 is 0 Å². The Labute approximate surface area is 60.3 Å². The molecule has 5 nitrogen and oxygen atoms in total. The van der Waals surface area contributed by atoms with Crippen LogP contribution in [0.3, 0.4) is 0 Å². The standard InChI is InChI=1S/C4H12N2O3S/c1-10(8,9)6-2-4(5)3-7/h4,6-7H,2-3,5H2,1H3. The highest BCUT2D eigenvalue weighted by molar-refractivity contribution is 7.88. The number of nitrogens with one attached hydrogen (secondary N) is 1. The van der Waals surface area contributed by atoms with Crippen LogP contribution in [0.1, 0.15) is 0 Å². The molecule has 0 amide bonds. The fourth-order valence-electron chi connectivity index (χ4n) is 0.323. The van der Waals surface area contributed by atoms with E-state index in [9.17, 15) is 8.42 Å². The summed E-state index contributed by atoms with van der Waals surface area (Å²) in [4.78, 5) is 0. The van der Waals surface area contributed by atoms with Crippen molar-refractivity contribution in [2.24, 2.45) is 5.73 Å². The summed E-state index contributed by atoms with van der Waals surface area (Å²) in [6, 6.07) is -0.519. The average Bonchev–Trinajstić information content (AvgIpc) is 1.81. The van der Waals surface area contributed by atoms with Crippen molar-refractivity contribution in [3.8, 4) is 0 Å². The lowest BCUT2D eigenvalue weighted by Crippen LogP contribution is -2.38. The van der Waals surface area contributed by atoms with Crippen LogP contribution in [-0.4, -0.2) is 39.0 Å². The number of sulfonamides is 1. The van der Waals surface area contributed by atoms with Crippen molar-refractivity contribution in [3.05, 3.63) is 0 Å². The quantitative estimate of drug-likeness (QED) is 0.446. The second-order valence-corrected chi connectivity index (χ2v) is 3.90. The van der Waals surface area contributed by atoms with Gasteiger partial charge in [-0.25, -0.2) is 13.1 Å². The topological polar surface area (TPSA) is 92.4 Å². The van der Waals surface area contributed by atoms with E-state index in [1.165, 1.54) is 0 Å². The Kier molecular flexibility index (Phi) is 3.80. The van der Waals surface area contributed by atoms with E-state index in [0.29, 0.717) is 0 Å². The van der Waals surface area contributed by atoms with Gasteiger partial charge in [0, 0.05) is 12.6 Å². The zero-order valence-corrected chi connectivity index (χ0v) is 6.56. The van der Waals surface area contributed by atoms with E-state index in [2.05, 4.69) is 4.72 Å². The maximum absolute atomic E-state index is 10.4. The molecule has 10 heavy (non-hydrogen) atoms. The second-order valence-electron chi connectivity index (χ2n) is 2.06. The predicted octanol–water partition coefficient (Wildman–Crippen LogP) is -2.14. The van der Waals surface area contributed by atoms with Crippen LogP contribution in [0.4, 0.5) is 0 Å². The SMILES string of the molecule is CS(=O)(=O)NCC(N)CO. The van der Waals surface area contributed by atoms with Gasteiger partial charge in [0.15, 0.2) is 0 Å². The minimum Gasteiger partial charge on any atom is -0.395 e. The molecule has 6 heteroatoms. The van der Waals surface area contributed by atoms with Crippen molar-refractivity contribution in [2.75, 3.05) is 19.4 Å². The van der Waals surface area contributed by atoms with Crippen LogP contribution in [-0.2, 0) is 10.0 Å². The van der Waals surface area contributed by atoms with Crippen molar-refractivity contribution in [2.45, 2.75) is 6.04 Å². The Morgan fingerprint density at radius 1 is 1.70 bits per heavy atom. The first-order valence-electron chi connectivity index (χ1n) is 2.77. The molecular weight excluding hydrogens is 156 g/mol. The van der Waals surface area contributed by atoms with Crippen molar-refractivity contribution in [3.63, 3.8) is 0 Å². The maximum Gasteiger partial charge on any atom is 0.208 e. The molecule has 0 fully saturated rings. The molecule has 0 aromatic heterocycles. The lowest BCUT2D eigenvalue weighted by molar-refractivity contribution is 0.266. The van der Waals surface area contributed by atoms with Gasteiger partial charge < -0.3 is 10.8 Å². The molecule has 0 aliphatic rings. The highest BCUT2D eigenvalue weighted by atomic mass is 32.2. The average molecular weight is 168 g/mol. The van der Waals surface area contributed by atoms with E-state index in [4.69, 9.17) is 10.8 Å². The molecule has 0 saturated carbocycles. The van der Waals surface area contributed by atoms with Crippen molar-refractivity contribution < 1.29 is 13.5 Å². The van der Waals surface area contributed by atoms with E-state index < -0.39 is 16.1 Å². The molecule has 0 aliphatic heterocycles. The van der Waals surface area contributed by atoms with E-state index in [-0.39, 0.29) is 13.2 Å². The van der Waals surface area contributed by atoms with Crippen LogP contribution in [0, 0.1) is 0 Å². The largest absolute Gasteiger partial charge is 0.395 e. The first-order chi connectivity index (χ1) is 4.45. The van der Waals surface area contributed by atoms with E-state index in [0.717, 1.165) is 6.26 Å². The van der Waals surface area contributed by atoms with Gasteiger partial charge in [-0.1, -0.05) is 0 Å². The summed E-state index contributed by atoms with van der Waals surface area (Å²) >= 11 is 0. The molecular formula is C4H12N2O3S. The van der Waals surface area contributed by atoms with Crippen LogP contribution < -0.4 is 10.5 Å². The zero-order valence-electron chi connectivity index (χ0n) is 5.74. The molecule has 0 radical (unpaired) electrons. The lowest BCUT2D eigenvalue weighted by Gasteiger charge is -2.06. The van der Waals surface area contributed by atoms with Gasteiger partial charge in [-0.05, 0) is 0 Å². The summed E-state index contributed by atoms with van der Waals surface area (Å²) < 4.78 is 23.0. The van der Waals surface area contributed by atoms with Crippen molar-refractivity contribution in [1.29, 1.82) is 0 Å². The smallest absolute Gasteiger partial charge is 0.208 e. The van der Waals surface area contributed by atoms with Gasteiger partial charge in [-0.3, -0.25) is 0 Å². The fraction of sp³-hybridized carbons (Fsp3) is 1.00. The maximum atomic E-state index is 10.4. The van der Waals surface area contributed by atoms with Gasteiger partial charge in [-0.15, -0.1) is 0 Å². The summed E-state index contributed by atoms with van der Waals surface area (Å²) in [6.07, 6.45) is 1.04. The second kappa shape index (κ2) is 3.87. The van der Waals surface area contributed by atoms with Gasteiger partial charge in [0.1, 0.15) is 0 Å². The van der Waals surface area contributed by atoms with Gasteiger partial charge in [-0.2, -0.15) is 0 Å². The third-order valence-electron chi connectivity index (χ3n) is 0.842. The summed E-state index contributed by atoms with van der Waals surface area (Å²) in [6.45, 7) is -0.141. The fourth-order valence-corrected chi connectivity index (χ4v) is 0.840.